The van der Waals surface area contributed by atoms with E-state index in [0.717, 1.165) is 23.7 Å². The summed E-state index contributed by atoms with van der Waals surface area (Å²) in [5.74, 6) is 0. The third kappa shape index (κ3) is 4.39. The van der Waals surface area contributed by atoms with Gasteiger partial charge in [0.05, 0.1) is 22.9 Å². The maximum Gasteiger partial charge on any atom is 0.0897 e. The van der Waals surface area contributed by atoms with E-state index in [9.17, 15) is 0 Å². The van der Waals surface area contributed by atoms with Crippen LogP contribution in [0.1, 0.15) is 31.5 Å². The van der Waals surface area contributed by atoms with Crippen molar-refractivity contribution in [2.45, 2.75) is 39.7 Å². The fourth-order valence-corrected chi connectivity index (χ4v) is 1.63. The number of aryl methyl sites for hydroxylation is 1. The highest BCUT2D eigenvalue weighted by atomic mass is 32.1. The Morgan fingerprint density at radius 3 is 2.62 bits per heavy atom. The van der Waals surface area contributed by atoms with Crippen LogP contribution in [0.5, 0.6) is 0 Å². The molecule has 0 aromatic carbocycles. The fraction of sp³-hybridized carbons (Fsp3) is 0.700. The Balaban J connectivity index is 2.28. The van der Waals surface area contributed by atoms with E-state index < -0.39 is 0 Å². The zero-order valence-electron chi connectivity index (χ0n) is 8.76. The van der Waals surface area contributed by atoms with E-state index in [2.05, 4.69) is 31.1 Å². The Kier molecular flexibility index (Phi) is 3.45. The molecule has 13 heavy (non-hydrogen) atoms. The van der Waals surface area contributed by atoms with Crippen molar-refractivity contribution < 1.29 is 4.74 Å². The normalized spacial score (nSPS) is 12.0. The molecule has 2 nitrogen and oxygen atoms in total. The number of hydrogen-bond donors (Lipinski definition) is 0. The number of thiazole rings is 1. The number of hydrogen-bond acceptors (Lipinski definition) is 3. The summed E-state index contributed by atoms with van der Waals surface area (Å²) < 4.78 is 5.61. The largest absolute Gasteiger partial charge is 0.375 e. The van der Waals surface area contributed by atoms with E-state index >= 15 is 0 Å². The van der Waals surface area contributed by atoms with Crippen LogP contribution in [0.25, 0.3) is 0 Å². The summed E-state index contributed by atoms with van der Waals surface area (Å²) in [4.78, 5) is 4.37. The van der Waals surface area contributed by atoms with Gasteiger partial charge in [0.2, 0.25) is 0 Å². The van der Waals surface area contributed by atoms with Gasteiger partial charge < -0.3 is 4.74 Å². The maximum absolute atomic E-state index is 5.61. The highest BCUT2D eigenvalue weighted by Crippen LogP contribution is 2.11. The second kappa shape index (κ2) is 4.20. The van der Waals surface area contributed by atoms with Gasteiger partial charge >= 0.3 is 0 Å². The molecule has 0 spiro atoms. The second-order valence-corrected chi connectivity index (χ2v) is 5.13. The Bertz CT molecular complexity index is 262. The smallest absolute Gasteiger partial charge is 0.0897 e. The number of nitrogens with zero attached hydrogens (tertiary/aromatic N) is 1. The Labute approximate surface area is 84.0 Å². The SMILES string of the molecule is Cc1nc(CCOC(C)(C)C)cs1. The first-order chi connectivity index (χ1) is 5.97. The molecule has 0 unspecified atom stereocenters. The van der Waals surface area contributed by atoms with Gasteiger partial charge in [0, 0.05) is 11.8 Å². The predicted octanol–water partition coefficient (Wildman–Crippen LogP) is 2.81. The summed E-state index contributed by atoms with van der Waals surface area (Å²) in [5.41, 5.74) is 1.11. The molecule has 0 saturated heterocycles. The summed E-state index contributed by atoms with van der Waals surface area (Å²) in [7, 11) is 0. The molecule has 0 amide bonds. The quantitative estimate of drug-likeness (QED) is 0.746. The zero-order chi connectivity index (χ0) is 9.90. The van der Waals surface area contributed by atoms with Crippen LogP contribution in [0.2, 0.25) is 0 Å². The van der Waals surface area contributed by atoms with Crippen LogP contribution in [-0.2, 0) is 11.2 Å². The Hall–Kier alpha value is -0.410. The lowest BCUT2D eigenvalue weighted by atomic mass is 10.2. The number of rotatable bonds is 3. The van der Waals surface area contributed by atoms with Gasteiger partial charge in [0.15, 0.2) is 0 Å². The monoisotopic (exact) mass is 199 g/mol. The highest BCUT2D eigenvalue weighted by Gasteiger charge is 2.09. The number of aromatic nitrogens is 1. The van der Waals surface area contributed by atoms with Crippen LogP contribution in [0, 0.1) is 6.92 Å². The molecule has 1 aromatic heterocycles. The van der Waals surface area contributed by atoms with Gasteiger partial charge in [-0.3, -0.25) is 0 Å². The van der Waals surface area contributed by atoms with E-state index in [-0.39, 0.29) is 5.60 Å². The molecule has 0 saturated carbocycles. The minimum absolute atomic E-state index is 0.0366. The average molecular weight is 199 g/mol. The lowest BCUT2D eigenvalue weighted by Gasteiger charge is -2.18. The molecule has 0 N–H and O–H groups in total. The van der Waals surface area contributed by atoms with E-state index in [1.165, 1.54) is 0 Å². The summed E-state index contributed by atoms with van der Waals surface area (Å²) in [6.07, 6.45) is 0.918. The molecule has 0 aliphatic carbocycles. The lowest BCUT2D eigenvalue weighted by Crippen LogP contribution is -2.20. The van der Waals surface area contributed by atoms with E-state index in [1.807, 2.05) is 6.92 Å². The van der Waals surface area contributed by atoms with Gasteiger partial charge in [-0.15, -0.1) is 11.3 Å². The first-order valence-corrected chi connectivity index (χ1v) is 5.40. The fourth-order valence-electron chi connectivity index (χ4n) is 0.985. The molecule has 0 bridgehead atoms. The van der Waals surface area contributed by atoms with Gasteiger partial charge in [0.1, 0.15) is 0 Å². The second-order valence-electron chi connectivity index (χ2n) is 4.07. The van der Waals surface area contributed by atoms with Crippen molar-refractivity contribution in [3.63, 3.8) is 0 Å². The van der Waals surface area contributed by atoms with Gasteiger partial charge in [0.25, 0.3) is 0 Å². The van der Waals surface area contributed by atoms with Gasteiger partial charge in [-0.1, -0.05) is 0 Å². The van der Waals surface area contributed by atoms with Crippen LogP contribution in [0.3, 0.4) is 0 Å². The topological polar surface area (TPSA) is 22.1 Å². The third-order valence-electron chi connectivity index (χ3n) is 1.56. The van der Waals surface area contributed by atoms with Crippen LogP contribution in [-0.4, -0.2) is 17.2 Å². The molecule has 1 aromatic rings. The Morgan fingerprint density at radius 1 is 1.46 bits per heavy atom. The molecule has 0 aliphatic heterocycles. The maximum atomic E-state index is 5.61. The minimum Gasteiger partial charge on any atom is -0.375 e. The predicted molar refractivity (Wildman–Crippen MR) is 56.3 cm³/mol. The molecule has 3 heteroatoms. The van der Waals surface area contributed by atoms with Crippen molar-refractivity contribution in [1.29, 1.82) is 0 Å². The molecule has 0 aliphatic rings. The van der Waals surface area contributed by atoms with Crippen molar-refractivity contribution in [3.05, 3.63) is 16.1 Å². The van der Waals surface area contributed by atoms with E-state index in [1.54, 1.807) is 11.3 Å². The van der Waals surface area contributed by atoms with Crippen LogP contribution in [0.4, 0.5) is 0 Å². The standard InChI is InChI=1S/C10H17NOS/c1-8-11-9(7-13-8)5-6-12-10(2,3)4/h7H,5-6H2,1-4H3. The molecule has 1 heterocycles. The average Bonchev–Trinajstić information content (AvgIpc) is 2.33. The molecule has 0 atom stereocenters. The summed E-state index contributed by atoms with van der Waals surface area (Å²) in [5, 5.41) is 3.23. The third-order valence-corrected chi connectivity index (χ3v) is 2.38. The Morgan fingerprint density at radius 2 is 2.15 bits per heavy atom. The summed E-state index contributed by atoms with van der Waals surface area (Å²) in [6, 6.07) is 0. The van der Waals surface area contributed by atoms with Gasteiger partial charge in [-0.2, -0.15) is 0 Å². The molecule has 0 fully saturated rings. The van der Waals surface area contributed by atoms with Crippen molar-refractivity contribution in [1.82, 2.24) is 4.98 Å². The molecule has 74 valence electrons. The van der Waals surface area contributed by atoms with E-state index in [4.69, 9.17) is 4.74 Å². The summed E-state index contributed by atoms with van der Waals surface area (Å²) >= 11 is 1.70. The minimum atomic E-state index is -0.0366. The number of ether oxygens (including phenoxy) is 1. The van der Waals surface area contributed by atoms with Crippen LogP contribution < -0.4 is 0 Å². The summed E-state index contributed by atoms with van der Waals surface area (Å²) in [6.45, 7) is 8.99. The van der Waals surface area contributed by atoms with Crippen LogP contribution >= 0.6 is 11.3 Å². The van der Waals surface area contributed by atoms with E-state index in [0.29, 0.717) is 0 Å². The molecule has 1 rings (SSSR count). The highest BCUT2D eigenvalue weighted by molar-refractivity contribution is 7.09. The first-order valence-electron chi connectivity index (χ1n) is 4.52. The molecule has 0 radical (unpaired) electrons. The zero-order valence-corrected chi connectivity index (χ0v) is 9.57. The van der Waals surface area contributed by atoms with Crippen molar-refractivity contribution in [2.24, 2.45) is 0 Å². The van der Waals surface area contributed by atoms with Gasteiger partial charge in [-0.25, -0.2) is 4.98 Å². The lowest BCUT2D eigenvalue weighted by molar-refractivity contribution is -0.00123. The van der Waals surface area contributed by atoms with Crippen LogP contribution in [0.15, 0.2) is 5.38 Å². The van der Waals surface area contributed by atoms with Gasteiger partial charge in [-0.05, 0) is 27.7 Å². The van der Waals surface area contributed by atoms with Crippen molar-refractivity contribution in [3.8, 4) is 0 Å². The van der Waals surface area contributed by atoms with Crippen molar-refractivity contribution >= 4 is 11.3 Å². The first kappa shape index (κ1) is 10.7. The molecular formula is C10H17NOS. The van der Waals surface area contributed by atoms with Crippen molar-refractivity contribution in [2.75, 3.05) is 6.61 Å². The molecular weight excluding hydrogens is 182 g/mol.